The van der Waals surface area contributed by atoms with E-state index in [4.69, 9.17) is 11.6 Å². The van der Waals surface area contributed by atoms with E-state index in [0.29, 0.717) is 23.0 Å². The van der Waals surface area contributed by atoms with Crippen molar-refractivity contribution in [2.75, 3.05) is 6.54 Å². The Kier molecular flexibility index (Phi) is 4.98. The van der Waals surface area contributed by atoms with Gasteiger partial charge in [0, 0.05) is 17.1 Å². The third-order valence-electron chi connectivity index (χ3n) is 2.72. The zero-order valence-corrected chi connectivity index (χ0v) is 13.0. The first-order valence-electron chi connectivity index (χ1n) is 6.41. The number of hydrogen-bond acceptors (Lipinski definition) is 3. The van der Waals surface area contributed by atoms with Crippen LogP contribution in [0.4, 0.5) is 0 Å². The monoisotopic (exact) mass is 322 g/mol. The van der Waals surface area contributed by atoms with Crippen LogP contribution in [0.1, 0.15) is 12.5 Å². The van der Waals surface area contributed by atoms with Crippen molar-refractivity contribution in [1.82, 2.24) is 4.72 Å². The zero-order valence-electron chi connectivity index (χ0n) is 11.5. The molecular weight excluding hydrogens is 308 g/mol. The van der Waals surface area contributed by atoms with Gasteiger partial charge < -0.3 is 0 Å². The summed E-state index contributed by atoms with van der Waals surface area (Å²) in [4.78, 5) is 4.42. The van der Waals surface area contributed by atoms with Gasteiger partial charge >= 0.3 is 0 Å². The fraction of sp³-hybridized carbons (Fsp3) is 0.133. The Labute approximate surface area is 129 Å². The molecule has 110 valence electrons. The smallest absolute Gasteiger partial charge is 0.263 e. The molecule has 0 atom stereocenters. The molecule has 0 radical (unpaired) electrons. The molecule has 0 aliphatic heterocycles. The second-order valence-corrected chi connectivity index (χ2v) is 6.37. The van der Waals surface area contributed by atoms with E-state index in [2.05, 4.69) is 9.71 Å². The highest BCUT2D eigenvalue weighted by atomic mass is 35.5. The molecule has 2 rings (SSSR count). The van der Waals surface area contributed by atoms with Crippen LogP contribution in [0, 0.1) is 0 Å². The highest BCUT2D eigenvalue weighted by Crippen LogP contribution is 2.12. The van der Waals surface area contributed by atoms with Crippen LogP contribution in [-0.4, -0.2) is 20.8 Å². The zero-order chi connectivity index (χ0) is 15.3. The van der Waals surface area contributed by atoms with Crippen LogP contribution in [0.25, 0.3) is 0 Å². The number of amidine groups is 1. The van der Waals surface area contributed by atoms with Crippen molar-refractivity contribution in [2.24, 2.45) is 4.99 Å². The summed E-state index contributed by atoms with van der Waals surface area (Å²) in [6.45, 7) is 2.31. The second-order valence-electron chi connectivity index (χ2n) is 4.25. The number of hydrogen-bond donors (Lipinski definition) is 1. The van der Waals surface area contributed by atoms with E-state index in [1.807, 2.05) is 6.92 Å². The average Bonchev–Trinajstić information content (AvgIpc) is 2.48. The molecule has 0 saturated heterocycles. The minimum absolute atomic E-state index is 0.197. The van der Waals surface area contributed by atoms with E-state index < -0.39 is 10.0 Å². The Balaban J connectivity index is 2.33. The summed E-state index contributed by atoms with van der Waals surface area (Å²) < 4.78 is 27.2. The van der Waals surface area contributed by atoms with E-state index in [0.717, 1.165) is 0 Å². The number of aliphatic imine (C=N–C) groups is 1. The number of nitrogens with one attached hydrogen (secondary N) is 1. The molecule has 0 unspecified atom stereocenters. The molecule has 0 bridgehead atoms. The van der Waals surface area contributed by atoms with Crippen LogP contribution >= 0.6 is 11.6 Å². The fourth-order valence-electron chi connectivity index (χ4n) is 1.73. The second kappa shape index (κ2) is 6.74. The van der Waals surface area contributed by atoms with Gasteiger partial charge in [-0.1, -0.05) is 29.8 Å². The van der Waals surface area contributed by atoms with E-state index >= 15 is 0 Å². The molecule has 0 aromatic heterocycles. The molecule has 0 saturated carbocycles. The largest absolute Gasteiger partial charge is 0.268 e. The van der Waals surface area contributed by atoms with Crippen LogP contribution in [0.5, 0.6) is 0 Å². The quantitative estimate of drug-likeness (QED) is 0.694. The third-order valence-corrected chi connectivity index (χ3v) is 4.33. The lowest BCUT2D eigenvalue weighted by Gasteiger charge is -2.11. The predicted octanol–water partition coefficient (Wildman–Crippen LogP) is 3.09. The topological polar surface area (TPSA) is 58.5 Å². The van der Waals surface area contributed by atoms with Crippen molar-refractivity contribution in [3.8, 4) is 0 Å². The maximum Gasteiger partial charge on any atom is 0.263 e. The van der Waals surface area contributed by atoms with Crippen molar-refractivity contribution < 1.29 is 8.42 Å². The number of sulfonamides is 1. The molecule has 0 heterocycles. The predicted molar refractivity (Wildman–Crippen MR) is 85.3 cm³/mol. The Hall–Kier alpha value is -1.85. The molecule has 2 aromatic carbocycles. The molecule has 0 aliphatic rings. The highest BCUT2D eigenvalue weighted by molar-refractivity contribution is 7.90. The summed E-state index contributed by atoms with van der Waals surface area (Å²) in [7, 11) is -3.65. The Bertz CT molecular complexity index is 726. The van der Waals surface area contributed by atoms with Gasteiger partial charge in [-0.2, -0.15) is 0 Å². The Morgan fingerprint density at radius 2 is 1.71 bits per heavy atom. The van der Waals surface area contributed by atoms with Gasteiger partial charge in [0.2, 0.25) is 0 Å². The number of benzene rings is 2. The summed E-state index contributed by atoms with van der Waals surface area (Å²) >= 11 is 5.84. The molecule has 21 heavy (non-hydrogen) atoms. The maximum absolute atomic E-state index is 12.3. The van der Waals surface area contributed by atoms with Crippen LogP contribution in [0.15, 0.2) is 64.5 Å². The maximum atomic E-state index is 12.3. The normalized spacial score (nSPS) is 12.2. The lowest BCUT2D eigenvalue weighted by molar-refractivity contribution is 0.592. The summed E-state index contributed by atoms with van der Waals surface area (Å²) in [6.07, 6.45) is 0. The van der Waals surface area contributed by atoms with Crippen molar-refractivity contribution in [2.45, 2.75) is 11.8 Å². The van der Waals surface area contributed by atoms with E-state index in [-0.39, 0.29) is 4.90 Å². The lowest BCUT2D eigenvalue weighted by atomic mass is 10.2. The van der Waals surface area contributed by atoms with E-state index in [9.17, 15) is 8.42 Å². The summed E-state index contributed by atoms with van der Waals surface area (Å²) in [5.41, 5.74) is 0.667. The fourth-order valence-corrected chi connectivity index (χ4v) is 2.93. The first kappa shape index (κ1) is 15.5. The molecule has 0 amide bonds. The SMILES string of the molecule is CCN=C(NS(=O)(=O)c1ccccc1)c1ccc(Cl)cc1. The first-order chi connectivity index (χ1) is 10.0. The van der Waals surface area contributed by atoms with Crippen LogP contribution in [0.3, 0.4) is 0 Å². The minimum Gasteiger partial charge on any atom is -0.268 e. The van der Waals surface area contributed by atoms with Gasteiger partial charge in [0.25, 0.3) is 10.0 Å². The summed E-state index contributed by atoms with van der Waals surface area (Å²) in [5, 5.41) is 0.584. The molecule has 1 N–H and O–H groups in total. The van der Waals surface area contributed by atoms with Gasteiger partial charge in [0.15, 0.2) is 0 Å². The van der Waals surface area contributed by atoms with Crippen LogP contribution in [-0.2, 0) is 10.0 Å². The lowest BCUT2D eigenvalue weighted by Crippen LogP contribution is -2.31. The van der Waals surface area contributed by atoms with Gasteiger partial charge in [-0.25, -0.2) is 8.42 Å². The molecule has 4 nitrogen and oxygen atoms in total. The summed E-state index contributed by atoms with van der Waals surface area (Å²) in [6, 6.07) is 15.0. The molecule has 2 aromatic rings. The van der Waals surface area contributed by atoms with Crippen molar-refractivity contribution in [3.05, 3.63) is 65.2 Å². The molecule has 0 aliphatic carbocycles. The highest BCUT2D eigenvalue weighted by Gasteiger charge is 2.16. The van der Waals surface area contributed by atoms with Crippen molar-refractivity contribution in [1.29, 1.82) is 0 Å². The third kappa shape index (κ3) is 4.06. The van der Waals surface area contributed by atoms with Gasteiger partial charge in [0.1, 0.15) is 5.84 Å². The number of rotatable bonds is 4. The van der Waals surface area contributed by atoms with E-state index in [1.54, 1.807) is 42.5 Å². The molecule has 0 fully saturated rings. The minimum atomic E-state index is -3.65. The van der Waals surface area contributed by atoms with Crippen LogP contribution < -0.4 is 4.72 Å². The van der Waals surface area contributed by atoms with Crippen LogP contribution in [0.2, 0.25) is 5.02 Å². The Morgan fingerprint density at radius 1 is 1.10 bits per heavy atom. The molecule has 6 heteroatoms. The van der Waals surface area contributed by atoms with Gasteiger partial charge in [-0.15, -0.1) is 0 Å². The number of halogens is 1. The summed E-state index contributed by atoms with van der Waals surface area (Å²) in [5.74, 6) is 0.304. The van der Waals surface area contributed by atoms with Gasteiger partial charge in [-0.3, -0.25) is 9.71 Å². The number of nitrogens with zero attached hydrogens (tertiary/aromatic N) is 1. The van der Waals surface area contributed by atoms with Gasteiger partial charge in [0.05, 0.1) is 4.90 Å². The Morgan fingerprint density at radius 3 is 2.29 bits per heavy atom. The average molecular weight is 323 g/mol. The van der Waals surface area contributed by atoms with Gasteiger partial charge in [-0.05, 0) is 43.3 Å². The molecule has 0 spiro atoms. The van der Waals surface area contributed by atoms with Crippen molar-refractivity contribution >= 4 is 27.5 Å². The molecular formula is C15H15ClN2O2S. The first-order valence-corrected chi connectivity index (χ1v) is 8.27. The standard InChI is InChI=1S/C15H15ClN2O2S/c1-2-17-15(12-8-10-13(16)11-9-12)18-21(19,20)14-6-4-3-5-7-14/h3-11H,2H2,1H3,(H,17,18). The van der Waals surface area contributed by atoms with Crippen molar-refractivity contribution in [3.63, 3.8) is 0 Å². The van der Waals surface area contributed by atoms with E-state index in [1.165, 1.54) is 12.1 Å².